The lowest BCUT2D eigenvalue weighted by molar-refractivity contribution is -0.153. The highest BCUT2D eigenvalue weighted by Crippen LogP contribution is 2.24. The van der Waals surface area contributed by atoms with Gasteiger partial charge in [-0.2, -0.15) is 13.2 Å². The third-order valence-corrected chi connectivity index (χ3v) is 3.98. The number of amides is 1. The monoisotopic (exact) mass is 428 g/mol. The van der Waals surface area contributed by atoms with Crippen LogP contribution in [-0.4, -0.2) is 33.7 Å². The number of rotatable bonds is 5. The molecular weight excluding hydrogens is 416 g/mol. The molecule has 0 bridgehead atoms. The van der Waals surface area contributed by atoms with Crippen LogP contribution in [0.2, 0.25) is 5.02 Å². The van der Waals surface area contributed by atoms with E-state index in [0.717, 1.165) is 12.1 Å². The highest BCUT2D eigenvalue weighted by Gasteiger charge is 2.29. The molecule has 3 aromatic rings. The average Bonchev–Trinajstić information content (AvgIpc) is 3.02. The molecule has 152 valence electrons. The number of alkyl halides is 3. The summed E-state index contributed by atoms with van der Waals surface area (Å²) in [6, 6.07) is 9.81. The van der Waals surface area contributed by atoms with Crippen LogP contribution in [0.1, 0.15) is 16.2 Å². The van der Waals surface area contributed by atoms with Crippen LogP contribution >= 0.6 is 11.6 Å². The molecule has 0 spiro atoms. The molecule has 0 aliphatic heterocycles. The minimum absolute atomic E-state index is 0.0113. The van der Waals surface area contributed by atoms with Gasteiger partial charge < -0.3 is 10.1 Å². The molecular formula is C18H13ClF4N4O2. The molecule has 0 aliphatic carbocycles. The third kappa shape index (κ3) is 5.02. The Morgan fingerprint density at radius 2 is 2.00 bits per heavy atom. The standard InChI is InChI=1S/C18H13ClF4N4O2/c1-10-16(25-26-27(10)13-4-2-3-11(19)7-13)17(28)24-12-5-6-15(14(20)8-12)29-9-18(21,22)23/h2-8H,9H2,1H3,(H,24,28). The van der Waals surface area contributed by atoms with Crippen molar-refractivity contribution in [1.82, 2.24) is 15.0 Å². The number of nitrogens with zero attached hydrogens (tertiary/aromatic N) is 3. The predicted octanol–water partition coefficient (Wildman–Crippen LogP) is 4.56. The topological polar surface area (TPSA) is 69.0 Å². The molecule has 0 saturated heterocycles. The van der Waals surface area contributed by atoms with Crippen LogP contribution in [0.15, 0.2) is 42.5 Å². The summed E-state index contributed by atoms with van der Waals surface area (Å²) in [5.74, 6) is -2.30. The van der Waals surface area contributed by atoms with Crippen LogP contribution in [0.25, 0.3) is 5.69 Å². The average molecular weight is 429 g/mol. The van der Waals surface area contributed by atoms with Gasteiger partial charge in [-0.05, 0) is 37.3 Å². The molecule has 0 aliphatic rings. The van der Waals surface area contributed by atoms with E-state index >= 15 is 0 Å². The van der Waals surface area contributed by atoms with E-state index in [9.17, 15) is 22.4 Å². The smallest absolute Gasteiger partial charge is 0.422 e. The fraction of sp³-hybridized carbons (Fsp3) is 0.167. The predicted molar refractivity (Wildman–Crippen MR) is 97.0 cm³/mol. The summed E-state index contributed by atoms with van der Waals surface area (Å²) in [6.07, 6.45) is -4.59. The van der Waals surface area contributed by atoms with Crippen molar-refractivity contribution in [2.75, 3.05) is 11.9 Å². The van der Waals surface area contributed by atoms with E-state index in [1.54, 1.807) is 31.2 Å². The quantitative estimate of drug-likeness (QED) is 0.605. The maximum absolute atomic E-state index is 13.9. The molecule has 1 heterocycles. The van der Waals surface area contributed by atoms with Crippen molar-refractivity contribution in [1.29, 1.82) is 0 Å². The highest BCUT2D eigenvalue weighted by atomic mass is 35.5. The first-order valence-electron chi connectivity index (χ1n) is 8.13. The van der Waals surface area contributed by atoms with Crippen molar-refractivity contribution in [2.45, 2.75) is 13.1 Å². The van der Waals surface area contributed by atoms with E-state index in [1.165, 1.54) is 10.7 Å². The largest absolute Gasteiger partial charge is 0.481 e. The van der Waals surface area contributed by atoms with Crippen LogP contribution in [0.4, 0.5) is 23.2 Å². The minimum Gasteiger partial charge on any atom is -0.481 e. The minimum atomic E-state index is -4.59. The lowest BCUT2D eigenvalue weighted by atomic mass is 10.2. The molecule has 6 nitrogen and oxygen atoms in total. The number of hydrogen-bond donors (Lipinski definition) is 1. The zero-order valence-corrected chi connectivity index (χ0v) is 15.6. The van der Waals surface area contributed by atoms with Gasteiger partial charge >= 0.3 is 6.18 Å². The van der Waals surface area contributed by atoms with Gasteiger partial charge in [0.15, 0.2) is 23.9 Å². The van der Waals surface area contributed by atoms with Gasteiger partial charge in [0, 0.05) is 16.8 Å². The first-order valence-corrected chi connectivity index (χ1v) is 8.50. The number of hydrogen-bond acceptors (Lipinski definition) is 4. The number of aromatic nitrogens is 3. The van der Waals surface area contributed by atoms with Crippen molar-refractivity contribution in [2.24, 2.45) is 0 Å². The molecule has 1 amide bonds. The molecule has 0 atom stereocenters. The molecule has 1 aromatic heterocycles. The maximum atomic E-state index is 13.9. The number of anilines is 1. The summed E-state index contributed by atoms with van der Waals surface area (Å²) in [4.78, 5) is 12.4. The van der Waals surface area contributed by atoms with Crippen molar-refractivity contribution in [3.8, 4) is 11.4 Å². The van der Waals surface area contributed by atoms with E-state index in [1.807, 2.05) is 0 Å². The number of halogens is 5. The molecule has 2 aromatic carbocycles. The number of nitrogens with one attached hydrogen (secondary N) is 1. The second-order valence-corrected chi connectivity index (χ2v) is 6.35. The van der Waals surface area contributed by atoms with Gasteiger partial charge in [-0.3, -0.25) is 4.79 Å². The summed E-state index contributed by atoms with van der Waals surface area (Å²) in [7, 11) is 0. The van der Waals surface area contributed by atoms with Crippen molar-refractivity contribution in [3.63, 3.8) is 0 Å². The van der Waals surface area contributed by atoms with Gasteiger partial charge in [-0.15, -0.1) is 5.10 Å². The zero-order chi connectivity index (χ0) is 21.2. The molecule has 3 rings (SSSR count). The highest BCUT2D eigenvalue weighted by molar-refractivity contribution is 6.30. The summed E-state index contributed by atoms with van der Waals surface area (Å²) in [6.45, 7) is -0.00803. The first-order chi connectivity index (χ1) is 13.6. The third-order valence-electron chi connectivity index (χ3n) is 3.74. The Labute approximate surface area is 167 Å². The van der Waals surface area contributed by atoms with Crippen molar-refractivity contribution in [3.05, 3.63) is 64.7 Å². The van der Waals surface area contributed by atoms with Gasteiger partial charge in [0.2, 0.25) is 0 Å². The molecule has 0 unspecified atom stereocenters. The molecule has 0 fully saturated rings. The van der Waals surface area contributed by atoms with Gasteiger partial charge in [-0.25, -0.2) is 9.07 Å². The summed E-state index contributed by atoms with van der Waals surface area (Å²) in [5, 5.41) is 10.6. The Balaban J connectivity index is 1.75. The Hall–Kier alpha value is -3.14. The fourth-order valence-corrected chi connectivity index (χ4v) is 2.62. The van der Waals surface area contributed by atoms with Crippen molar-refractivity contribution >= 4 is 23.2 Å². The summed E-state index contributed by atoms with van der Waals surface area (Å²) >= 11 is 5.95. The van der Waals surface area contributed by atoms with E-state index in [0.29, 0.717) is 16.4 Å². The van der Waals surface area contributed by atoms with Gasteiger partial charge in [0.05, 0.1) is 11.4 Å². The fourth-order valence-electron chi connectivity index (χ4n) is 2.44. The second-order valence-electron chi connectivity index (χ2n) is 5.92. The van der Waals surface area contributed by atoms with E-state index in [4.69, 9.17) is 11.6 Å². The second kappa shape index (κ2) is 8.08. The van der Waals surface area contributed by atoms with Crippen LogP contribution in [0, 0.1) is 12.7 Å². The normalized spacial score (nSPS) is 11.4. The van der Waals surface area contributed by atoms with Crippen LogP contribution in [0.5, 0.6) is 5.75 Å². The number of benzene rings is 2. The SMILES string of the molecule is Cc1c(C(=O)Nc2ccc(OCC(F)(F)F)c(F)c2)nnn1-c1cccc(Cl)c1. The molecule has 0 radical (unpaired) electrons. The zero-order valence-electron chi connectivity index (χ0n) is 14.8. The summed E-state index contributed by atoms with van der Waals surface area (Å²) < 4.78 is 56.2. The maximum Gasteiger partial charge on any atom is 0.422 e. The molecule has 11 heteroatoms. The number of ether oxygens (including phenoxy) is 1. The molecule has 0 saturated carbocycles. The first kappa shape index (κ1) is 20.6. The Kier molecular flexibility index (Phi) is 5.73. The van der Waals surface area contributed by atoms with Crippen LogP contribution in [-0.2, 0) is 0 Å². The molecule has 1 N–H and O–H groups in total. The van der Waals surface area contributed by atoms with Crippen LogP contribution < -0.4 is 10.1 Å². The Bertz CT molecular complexity index is 1050. The molecule has 29 heavy (non-hydrogen) atoms. The van der Waals surface area contributed by atoms with Gasteiger partial charge in [-0.1, -0.05) is 22.9 Å². The Morgan fingerprint density at radius 3 is 2.66 bits per heavy atom. The van der Waals surface area contributed by atoms with E-state index in [-0.39, 0.29) is 11.4 Å². The lowest BCUT2D eigenvalue weighted by Gasteiger charge is -2.11. The van der Waals surface area contributed by atoms with Crippen LogP contribution in [0.3, 0.4) is 0 Å². The lowest BCUT2D eigenvalue weighted by Crippen LogP contribution is -2.19. The number of carbonyl (C=O) groups excluding carboxylic acids is 1. The van der Waals surface area contributed by atoms with E-state index in [2.05, 4.69) is 20.4 Å². The number of carbonyl (C=O) groups is 1. The van der Waals surface area contributed by atoms with Crippen molar-refractivity contribution < 1.29 is 27.1 Å². The Morgan fingerprint density at radius 1 is 1.24 bits per heavy atom. The van der Waals surface area contributed by atoms with Gasteiger partial charge in [0.1, 0.15) is 0 Å². The van der Waals surface area contributed by atoms with Gasteiger partial charge in [0.25, 0.3) is 5.91 Å². The van der Waals surface area contributed by atoms with E-state index < -0.39 is 30.3 Å². The summed E-state index contributed by atoms with van der Waals surface area (Å²) in [5.41, 5.74) is 1.01.